The topological polar surface area (TPSA) is 53.7 Å². The average molecular weight is 322 g/mol. The first-order valence-corrected chi connectivity index (χ1v) is 8.01. The number of hydrogen-bond donors (Lipinski definition) is 1. The van der Waals surface area contributed by atoms with Crippen LogP contribution in [0.25, 0.3) is 11.0 Å². The molecule has 2 aromatic rings. The summed E-state index contributed by atoms with van der Waals surface area (Å²) in [6.07, 6.45) is 1.33. The molecule has 3 rings (SSSR count). The first-order valence-electron chi connectivity index (χ1n) is 7.64. The van der Waals surface area contributed by atoms with Crippen molar-refractivity contribution in [1.29, 1.82) is 0 Å². The predicted molar refractivity (Wildman–Crippen MR) is 86.3 cm³/mol. The SMILES string of the molecule is Cc1c(C(=O)N2CCC(C(C)O)CC2)oc2c(Cl)cccc12. The number of fused-ring (bicyclic) bond motifs is 1. The molecule has 1 aromatic heterocycles. The lowest BCUT2D eigenvalue weighted by atomic mass is 9.92. The smallest absolute Gasteiger partial charge is 0.289 e. The maximum Gasteiger partial charge on any atom is 0.289 e. The van der Waals surface area contributed by atoms with E-state index in [4.69, 9.17) is 16.0 Å². The van der Waals surface area contributed by atoms with Crippen LogP contribution < -0.4 is 0 Å². The zero-order valence-electron chi connectivity index (χ0n) is 12.8. The molecule has 1 fully saturated rings. The minimum absolute atomic E-state index is 0.0891. The highest BCUT2D eigenvalue weighted by Gasteiger charge is 2.29. The fourth-order valence-electron chi connectivity index (χ4n) is 3.14. The third-order valence-corrected chi connectivity index (χ3v) is 4.92. The molecule has 1 saturated heterocycles. The number of benzene rings is 1. The van der Waals surface area contributed by atoms with Crippen molar-refractivity contribution in [2.24, 2.45) is 5.92 Å². The van der Waals surface area contributed by atoms with Gasteiger partial charge in [-0.1, -0.05) is 23.7 Å². The van der Waals surface area contributed by atoms with Crippen LogP contribution in [-0.4, -0.2) is 35.1 Å². The van der Waals surface area contributed by atoms with Crippen LogP contribution in [0, 0.1) is 12.8 Å². The van der Waals surface area contributed by atoms with Gasteiger partial charge in [-0.15, -0.1) is 0 Å². The summed E-state index contributed by atoms with van der Waals surface area (Å²) >= 11 is 6.14. The van der Waals surface area contributed by atoms with Crippen LogP contribution in [0.15, 0.2) is 22.6 Å². The van der Waals surface area contributed by atoms with Crippen molar-refractivity contribution in [2.75, 3.05) is 13.1 Å². The van der Waals surface area contributed by atoms with Gasteiger partial charge in [0.2, 0.25) is 0 Å². The van der Waals surface area contributed by atoms with Gasteiger partial charge in [-0.05, 0) is 38.7 Å². The molecular weight excluding hydrogens is 302 g/mol. The fraction of sp³-hybridized carbons (Fsp3) is 0.471. The number of hydrogen-bond acceptors (Lipinski definition) is 3. The second kappa shape index (κ2) is 5.94. The Morgan fingerprint density at radius 3 is 2.68 bits per heavy atom. The Kier molecular flexibility index (Phi) is 4.15. The average Bonchev–Trinajstić information content (AvgIpc) is 2.85. The van der Waals surface area contributed by atoms with E-state index in [1.54, 1.807) is 11.0 Å². The number of piperidine rings is 1. The Labute approximate surface area is 134 Å². The maximum atomic E-state index is 12.7. The first kappa shape index (κ1) is 15.4. The number of amides is 1. The van der Waals surface area contributed by atoms with Crippen molar-refractivity contribution in [3.05, 3.63) is 34.5 Å². The molecule has 1 aliphatic heterocycles. The van der Waals surface area contributed by atoms with E-state index in [2.05, 4.69) is 0 Å². The van der Waals surface area contributed by atoms with E-state index in [0.717, 1.165) is 23.8 Å². The number of rotatable bonds is 2. The van der Waals surface area contributed by atoms with E-state index in [9.17, 15) is 9.90 Å². The normalized spacial score (nSPS) is 17.9. The van der Waals surface area contributed by atoms with Gasteiger partial charge in [0.1, 0.15) is 0 Å². The van der Waals surface area contributed by atoms with Gasteiger partial charge in [0, 0.05) is 24.0 Å². The minimum atomic E-state index is -0.316. The number of furan rings is 1. The standard InChI is InChI=1S/C17H20ClNO3/c1-10-13-4-3-5-14(18)16(13)22-15(10)17(21)19-8-6-12(7-9-19)11(2)20/h3-5,11-12,20H,6-9H2,1-2H3. The minimum Gasteiger partial charge on any atom is -0.449 e. The van der Waals surface area contributed by atoms with Crippen molar-refractivity contribution in [1.82, 2.24) is 4.90 Å². The molecule has 22 heavy (non-hydrogen) atoms. The highest BCUT2D eigenvalue weighted by Crippen LogP contribution is 2.32. The summed E-state index contributed by atoms with van der Waals surface area (Å²) in [6.45, 7) is 5.00. The van der Waals surface area contributed by atoms with Crippen LogP contribution in [-0.2, 0) is 0 Å². The lowest BCUT2D eigenvalue weighted by molar-refractivity contribution is 0.0499. The molecule has 2 heterocycles. The van der Waals surface area contributed by atoms with Crippen molar-refractivity contribution in [3.63, 3.8) is 0 Å². The van der Waals surface area contributed by atoms with E-state index >= 15 is 0 Å². The Bertz CT molecular complexity index is 699. The molecule has 5 heteroatoms. The van der Waals surface area contributed by atoms with Gasteiger partial charge >= 0.3 is 0 Å². The Morgan fingerprint density at radius 2 is 2.09 bits per heavy atom. The molecule has 118 valence electrons. The third kappa shape index (κ3) is 2.61. The van der Waals surface area contributed by atoms with Crippen LogP contribution in [0.5, 0.6) is 0 Å². The molecule has 1 unspecified atom stereocenters. The molecule has 1 aromatic carbocycles. The monoisotopic (exact) mass is 321 g/mol. The number of aliphatic hydroxyl groups excluding tert-OH is 1. The number of nitrogens with zero attached hydrogens (tertiary/aromatic N) is 1. The fourth-order valence-corrected chi connectivity index (χ4v) is 3.35. The zero-order valence-corrected chi connectivity index (χ0v) is 13.6. The van der Waals surface area contributed by atoms with Crippen LogP contribution >= 0.6 is 11.6 Å². The lowest BCUT2D eigenvalue weighted by Crippen LogP contribution is -2.40. The van der Waals surface area contributed by atoms with E-state index in [1.807, 2.05) is 26.0 Å². The molecule has 1 atom stereocenters. The lowest BCUT2D eigenvalue weighted by Gasteiger charge is -2.32. The van der Waals surface area contributed by atoms with Gasteiger partial charge in [0.05, 0.1) is 11.1 Å². The predicted octanol–water partition coefficient (Wildman–Crippen LogP) is 3.63. The quantitative estimate of drug-likeness (QED) is 0.919. The third-order valence-electron chi connectivity index (χ3n) is 4.62. The largest absolute Gasteiger partial charge is 0.449 e. The molecule has 0 bridgehead atoms. The Balaban J connectivity index is 1.84. The molecule has 0 saturated carbocycles. The summed E-state index contributed by atoms with van der Waals surface area (Å²) in [5.41, 5.74) is 1.41. The number of aliphatic hydroxyl groups is 1. The van der Waals surface area contributed by atoms with Gasteiger partial charge < -0.3 is 14.4 Å². The number of carbonyl (C=O) groups excluding carboxylic acids is 1. The van der Waals surface area contributed by atoms with Gasteiger partial charge in [-0.3, -0.25) is 4.79 Å². The highest BCUT2D eigenvalue weighted by atomic mass is 35.5. The first-order chi connectivity index (χ1) is 10.5. The van der Waals surface area contributed by atoms with E-state index in [-0.39, 0.29) is 17.9 Å². The number of para-hydroxylation sites is 1. The van der Waals surface area contributed by atoms with Gasteiger partial charge in [0.15, 0.2) is 11.3 Å². The van der Waals surface area contributed by atoms with Crippen LogP contribution in [0.3, 0.4) is 0 Å². The van der Waals surface area contributed by atoms with Crippen LogP contribution in [0.2, 0.25) is 5.02 Å². The molecule has 1 amide bonds. The summed E-state index contributed by atoms with van der Waals surface area (Å²) < 4.78 is 5.75. The van der Waals surface area contributed by atoms with E-state index in [0.29, 0.717) is 29.5 Å². The molecule has 1 aliphatic rings. The zero-order chi connectivity index (χ0) is 15.9. The van der Waals surface area contributed by atoms with Crippen LogP contribution in [0.4, 0.5) is 0 Å². The molecule has 0 radical (unpaired) electrons. The molecular formula is C17H20ClNO3. The summed E-state index contributed by atoms with van der Waals surface area (Å²) in [4.78, 5) is 14.5. The van der Waals surface area contributed by atoms with Gasteiger partial charge in [0.25, 0.3) is 5.91 Å². The molecule has 1 N–H and O–H groups in total. The molecule has 4 nitrogen and oxygen atoms in total. The second-order valence-electron chi connectivity index (χ2n) is 6.04. The number of halogens is 1. The van der Waals surface area contributed by atoms with Gasteiger partial charge in [-0.25, -0.2) is 0 Å². The van der Waals surface area contributed by atoms with Crippen molar-refractivity contribution >= 4 is 28.5 Å². The van der Waals surface area contributed by atoms with Crippen molar-refractivity contribution in [3.8, 4) is 0 Å². The van der Waals surface area contributed by atoms with Crippen molar-refractivity contribution < 1.29 is 14.3 Å². The molecule has 0 spiro atoms. The van der Waals surface area contributed by atoms with Gasteiger partial charge in [-0.2, -0.15) is 0 Å². The Morgan fingerprint density at radius 1 is 1.41 bits per heavy atom. The number of aryl methyl sites for hydroxylation is 1. The molecule has 0 aliphatic carbocycles. The maximum absolute atomic E-state index is 12.7. The second-order valence-corrected chi connectivity index (χ2v) is 6.45. The Hall–Kier alpha value is -1.52. The summed E-state index contributed by atoms with van der Waals surface area (Å²) in [5.74, 6) is 0.558. The van der Waals surface area contributed by atoms with E-state index in [1.165, 1.54) is 0 Å². The summed E-state index contributed by atoms with van der Waals surface area (Å²) in [7, 11) is 0. The number of likely N-dealkylation sites (tertiary alicyclic amines) is 1. The summed E-state index contributed by atoms with van der Waals surface area (Å²) in [5, 5.41) is 11.1. The number of carbonyl (C=O) groups is 1. The van der Waals surface area contributed by atoms with Crippen LogP contribution in [0.1, 0.15) is 35.9 Å². The van der Waals surface area contributed by atoms with E-state index < -0.39 is 0 Å². The van der Waals surface area contributed by atoms with Crippen molar-refractivity contribution in [2.45, 2.75) is 32.8 Å². The summed E-state index contributed by atoms with van der Waals surface area (Å²) in [6, 6.07) is 5.53. The highest BCUT2D eigenvalue weighted by molar-refractivity contribution is 6.35.